The van der Waals surface area contributed by atoms with Crippen LogP contribution < -0.4 is 5.32 Å². The average molecular weight is 373 g/mol. The van der Waals surface area contributed by atoms with Crippen molar-refractivity contribution in [1.29, 1.82) is 0 Å². The number of ether oxygens (including phenoxy) is 1. The lowest BCUT2D eigenvalue weighted by molar-refractivity contribution is 0.0170. The van der Waals surface area contributed by atoms with Gasteiger partial charge in [0.25, 0.3) is 0 Å². The van der Waals surface area contributed by atoms with Crippen LogP contribution in [0.3, 0.4) is 0 Å². The van der Waals surface area contributed by atoms with Gasteiger partial charge in [0.15, 0.2) is 0 Å². The predicted octanol–water partition coefficient (Wildman–Crippen LogP) is 3.01. The lowest BCUT2D eigenvalue weighted by Gasteiger charge is -2.24. The molecule has 4 N–H and O–H groups in total. The standard InChI is InChI=1S/C21H27NO5/c1-21(2,3)15-9-10-17(23)16(11-15)19(25)18(24)12-22-20(26)27-13-14-7-5-4-6-8-14/h4-11,18-19,23-25H,12-13H2,1-3H3,(H,22,26). The first-order valence-corrected chi connectivity index (χ1v) is 8.82. The smallest absolute Gasteiger partial charge is 0.407 e. The molecule has 0 aliphatic heterocycles. The Hall–Kier alpha value is -2.57. The molecule has 0 fully saturated rings. The van der Waals surface area contributed by atoms with Crippen molar-refractivity contribution in [2.75, 3.05) is 6.54 Å². The summed E-state index contributed by atoms with van der Waals surface area (Å²) in [5.41, 5.74) is 1.80. The lowest BCUT2D eigenvalue weighted by Crippen LogP contribution is -2.35. The zero-order valence-corrected chi connectivity index (χ0v) is 15.8. The van der Waals surface area contributed by atoms with Gasteiger partial charge < -0.3 is 25.4 Å². The van der Waals surface area contributed by atoms with Gasteiger partial charge in [0.05, 0.1) is 0 Å². The molecule has 1 amide bonds. The minimum atomic E-state index is -1.35. The van der Waals surface area contributed by atoms with Crippen molar-refractivity contribution in [2.24, 2.45) is 0 Å². The maximum absolute atomic E-state index is 11.8. The summed E-state index contributed by atoms with van der Waals surface area (Å²) >= 11 is 0. The highest BCUT2D eigenvalue weighted by Gasteiger charge is 2.24. The van der Waals surface area contributed by atoms with E-state index in [9.17, 15) is 20.1 Å². The summed E-state index contributed by atoms with van der Waals surface area (Å²) in [6.07, 6.45) is -3.34. The first kappa shape index (κ1) is 20.7. The van der Waals surface area contributed by atoms with Gasteiger partial charge in [-0.25, -0.2) is 4.79 Å². The van der Waals surface area contributed by atoms with Gasteiger partial charge in [-0.05, 0) is 28.7 Å². The molecule has 0 aliphatic rings. The minimum Gasteiger partial charge on any atom is -0.508 e. The second kappa shape index (κ2) is 8.88. The highest BCUT2D eigenvalue weighted by Crippen LogP contribution is 2.32. The Balaban J connectivity index is 1.91. The summed E-state index contributed by atoms with van der Waals surface area (Å²) in [6.45, 7) is 5.93. The fourth-order valence-corrected chi connectivity index (χ4v) is 2.54. The van der Waals surface area contributed by atoms with Crippen LogP contribution in [0.5, 0.6) is 5.75 Å². The number of aliphatic hydroxyl groups is 2. The molecule has 146 valence electrons. The van der Waals surface area contributed by atoms with Crippen LogP contribution in [-0.4, -0.2) is 34.1 Å². The zero-order chi connectivity index (χ0) is 20.0. The molecule has 0 spiro atoms. The number of hydrogen-bond acceptors (Lipinski definition) is 5. The molecule has 0 radical (unpaired) electrons. The first-order chi connectivity index (χ1) is 12.7. The number of aliphatic hydroxyl groups excluding tert-OH is 2. The minimum absolute atomic E-state index is 0.110. The maximum Gasteiger partial charge on any atom is 0.407 e. The molecule has 2 atom stereocenters. The molecule has 2 unspecified atom stereocenters. The molecule has 0 heterocycles. The predicted molar refractivity (Wildman–Crippen MR) is 102 cm³/mol. The number of phenols is 1. The molecule has 0 saturated heterocycles. The van der Waals surface area contributed by atoms with Crippen molar-refractivity contribution in [1.82, 2.24) is 5.32 Å². The Bertz CT molecular complexity index is 755. The third-order valence-corrected chi connectivity index (χ3v) is 4.24. The number of benzene rings is 2. The topological polar surface area (TPSA) is 99.0 Å². The zero-order valence-electron chi connectivity index (χ0n) is 15.8. The number of alkyl carbamates (subject to hydrolysis) is 1. The van der Waals surface area contributed by atoms with Crippen molar-refractivity contribution < 1.29 is 24.9 Å². The Morgan fingerprint density at radius 3 is 2.41 bits per heavy atom. The van der Waals surface area contributed by atoms with Crippen LogP contribution >= 0.6 is 0 Å². The largest absolute Gasteiger partial charge is 0.508 e. The van der Waals surface area contributed by atoms with E-state index >= 15 is 0 Å². The summed E-state index contributed by atoms with van der Waals surface area (Å²) < 4.78 is 5.06. The van der Waals surface area contributed by atoms with E-state index in [0.29, 0.717) is 0 Å². The number of rotatable bonds is 6. The highest BCUT2D eigenvalue weighted by molar-refractivity contribution is 5.67. The summed E-state index contributed by atoms with van der Waals surface area (Å²) in [5.74, 6) is -0.110. The van der Waals surface area contributed by atoms with Crippen molar-refractivity contribution in [2.45, 2.75) is 45.0 Å². The summed E-state index contributed by atoms with van der Waals surface area (Å²) in [5, 5.41) is 33.0. The number of phenolic OH excluding ortho intramolecular Hbond substituents is 1. The Labute approximate surface area is 159 Å². The Morgan fingerprint density at radius 1 is 1.11 bits per heavy atom. The van der Waals surface area contributed by atoms with Gasteiger partial charge in [0, 0.05) is 12.1 Å². The van der Waals surface area contributed by atoms with E-state index in [0.717, 1.165) is 11.1 Å². The molecule has 27 heavy (non-hydrogen) atoms. The second-order valence-corrected chi connectivity index (χ2v) is 7.48. The van der Waals surface area contributed by atoms with Crippen molar-refractivity contribution in [3.05, 3.63) is 65.2 Å². The van der Waals surface area contributed by atoms with Crippen LogP contribution in [0.2, 0.25) is 0 Å². The average Bonchev–Trinajstić information content (AvgIpc) is 2.64. The molecule has 2 rings (SSSR count). The molecule has 2 aromatic carbocycles. The summed E-state index contributed by atoms with van der Waals surface area (Å²) in [4.78, 5) is 11.8. The first-order valence-electron chi connectivity index (χ1n) is 8.82. The van der Waals surface area contributed by atoms with E-state index in [1.54, 1.807) is 12.1 Å². The fraction of sp³-hybridized carbons (Fsp3) is 0.381. The number of carbonyl (C=O) groups is 1. The Kier molecular flexibility index (Phi) is 6.82. The molecule has 6 heteroatoms. The number of carbonyl (C=O) groups excluding carboxylic acids is 1. The van der Waals surface area contributed by atoms with E-state index < -0.39 is 18.3 Å². The number of aromatic hydroxyl groups is 1. The summed E-state index contributed by atoms with van der Waals surface area (Å²) in [6, 6.07) is 14.1. The third kappa shape index (κ3) is 5.98. The van der Waals surface area contributed by atoms with Crippen LogP contribution in [-0.2, 0) is 16.8 Å². The van der Waals surface area contributed by atoms with E-state index in [2.05, 4.69) is 5.32 Å². The molecule has 6 nitrogen and oxygen atoms in total. The van der Waals surface area contributed by atoms with Crippen LogP contribution in [0.1, 0.15) is 43.6 Å². The fourth-order valence-electron chi connectivity index (χ4n) is 2.54. The molecule has 2 aromatic rings. The van der Waals surface area contributed by atoms with Gasteiger partial charge in [0.2, 0.25) is 0 Å². The molecule has 0 aromatic heterocycles. The van der Waals surface area contributed by atoms with Crippen molar-refractivity contribution >= 4 is 6.09 Å². The van der Waals surface area contributed by atoms with Gasteiger partial charge in [-0.15, -0.1) is 0 Å². The maximum atomic E-state index is 11.8. The van der Waals surface area contributed by atoms with Crippen LogP contribution in [0.4, 0.5) is 4.79 Å². The van der Waals surface area contributed by atoms with Gasteiger partial charge in [-0.2, -0.15) is 0 Å². The van der Waals surface area contributed by atoms with Crippen molar-refractivity contribution in [3.63, 3.8) is 0 Å². The van der Waals surface area contributed by atoms with E-state index in [-0.39, 0.29) is 29.9 Å². The molecule has 0 aliphatic carbocycles. The Morgan fingerprint density at radius 2 is 1.78 bits per heavy atom. The van der Waals surface area contributed by atoms with E-state index in [4.69, 9.17) is 4.74 Å². The molecule has 0 bridgehead atoms. The monoisotopic (exact) mass is 373 g/mol. The van der Waals surface area contributed by atoms with Crippen molar-refractivity contribution in [3.8, 4) is 5.75 Å². The molecule has 0 saturated carbocycles. The molecular weight excluding hydrogens is 346 g/mol. The quantitative estimate of drug-likeness (QED) is 0.624. The lowest BCUT2D eigenvalue weighted by atomic mass is 9.85. The number of hydrogen-bond donors (Lipinski definition) is 4. The number of nitrogens with one attached hydrogen (secondary N) is 1. The van der Waals surface area contributed by atoms with Gasteiger partial charge >= 0.3 is 6.09 Å². The second-order valence-electron chi connectivity index (χ2n) is 7.48. The normalized spacial score (nSPS) is 13.7. The molecular formula is C21H27NO5. The van der Waals surface area contributed by atoms with Gasteiger partial charge in [-0.3, -0.25) is 0 Å². The van der Waals surface area contributed by atoms with Crippen LogP contribution in [0.25, 0.3) is 0 Å². The van der Waals surface area contributed by atoms with Gasteiger partial charge in [0.1, 0.15) is 24.6 Å². The summed E-state index contributed by atoms with van der Waals surface area (Å²) in [7, 11) is 0. The highest BCUT2D eigenvalue weighted by atomic mass is 16.5. The van der Waals surface area contributed by atoms with E-state index in [1.165, 1.54) is 6.07 Å². The number of amides is 1. The third-order valence-electron chi connectivity index (χ3n) is 4.24. The SMILES string of the molecule is CC(C)(C)c1ccc(O)c(C(O)C(O)CNC(=O)OCc2ccccc2)c1. The van der Waals surface area contributed by atoms with Gasteiger partial charge in [-0.1, -0.05) is 57.2 Å². The van der Waals surface area contributed by atoms with Crippen LogP contribution in [0.15, 0.2) is 48.5 Å². The van der Waals surface area contributed by atoms with Crippen LogP contribution in [0, 0.1) is 0 Å². The van der Waals surface area contributed by atoms with E-state index in [1.807, 2.05) is 51.1 Å².